The lowest BCUT2D eigenvalue weighted by molar-refractivity contribution is -0.128. The van der Waals surface area contributed by atoms with E-state index in [4.69, 9.17) is 37.1 Å². The first-order valence-electron chi connectivity index (χ1n) is 10.8. The van der Waals surface area contributed by atoms with E-state index in [1.54, 1.807) is 24.3 Å². The third-order valence-electron chi connectivity index (χ3n) is 5.24. The Bertz CT molecular complexity index is 1480. The molecule has 4 aromatic rings. The molecule has 4 rings (SSSR count). The van der Waals surface area contributed by atoms with E-state index in [1.807, 2.05) is 24.3 Å². The van der Waals surface area contributed by atoms with Crippen molar-refractivity contribution in [2.24, 2.45) is 0 Å². The van der Waals surface area contributed by atoms with E-state index in [1.165, 1.54) is 30.5 Å². The Labute approximate surface area is 212 Å². The highest BCUT2D eigenvalue weighted by atomic mass is 35.5. The average Bonchev–Trinajstić information content (AvgIpc) is 2.81. The smallest absolute Gasteiger partial charge is 0.336 e. The van der Waals surface area contributed by atoms with Crippen LogP contribution in [0.3, 0.4) is 0 Å². The molecule has 0 amide bonds. The average molecular weight is 509 g/mol. The van der Waals surface area contributed by atoms with Crippen molar-refractivity contribution in [3.63, 3.8) is 0 Å². The second kappa shape index (κ2) is 9.98. The van der Waals surface area contributed by atoms with Gasteiger partial charge >= 0.3 is 5.97 Å². The predicted molar refractivity (Wildman–Crippen MR) is 139 cm³/mol. The number of benzene rings is 3. The van der Waals surface area contributed by atoms with Crippen molar-refractivity contribution < 1.29 is 18.7 Å². The maximum absolute atomic E-state index is 12.9. The van der Waals surface area contributed by atoms with Gasteiger partial charge in [-0.05, 0) is 59.0 Å². The zero-order valence-electron chi connectivity index (χ0n) is 19.3. The highest BCUT2D eigenvalue weighted by Crippen LogP contribution is 2.28. The number of hydrogen-bond acceptors (Lipinski definition) is 5. The normalized spacial score (nSPS) is 11.7. The molecule has 0 fully saturated rings. The number of carbonyl (C=O) groups excluding carboxylic acids is 1. The van der Waals surface area contributed by atoms with E-state index in [-0.39, 0.29) is 27.9 Å². The molecule has 0 bridgehead atoms. The highest BCUT2D eigenvalue weighted by molar-refractivity contribution is 6.42. The number of rotatable bonds is 5. The van der Waals surface area contributed by atoms with Gasteiger partial charge in [0, 0.05) is 12.1 Å². The zero-order chi connectivity index (χ0) is 25.2. The molecule has 0 spiro atoms. The Kier molecular flexibility index (Phi) is 7.01. The predicted octanol–water partition coefficient (Wildman–Crippen LogP) is 7.81. The molecule has 0 radical (unpaired) electrons. The summed E-state index contributed by atoms with van der Waals surface area (Å²) in [7, 11) is 0. The van der Waals surface area contributed by atoms with Crippen molar-refractivity contribution in [2.75, 3.05) is 0 Å². The summed E-state index contributed by atoms with van der Waals surface area (Å²) < 4.78 is 16.7. The van der Waals surface area contributed by atoms with Gasteiger partial charge < -0.3 is 13.9 Å². The number of esters is 1. The summed E-state index contributed by atoms with van der Waals surface area (Å²) in [6.07, 6.45) is 4.07. The van der Waals surface area contributed by atoms with Gasteiger partial charge in [-0.2, -0.15) is 0 Å². The largest absolute Gasteiger partial charge is 0.460 e. The van der Waals surface area contributed by atoms with Crippen LogP contribution in [-0.2, 0) is 10.2 Å². The Hall–Kier alpha value is -3.54. The van der Waals surface area contributed by atoms with Crippen LogP contribution in [0.5, 0.6) is 17.2 Å². The number of carbonyl (C=O) groups is 1. The topological polar surface area (TPSA) is 65.7 Å². The second-order valence-corrected chi connectivity index (χ2v) is 9.71. The van der Waals surface area contributed by atoms with Gasteiger partial charge in [0.15, 0.2) is 0 Å². The maximum Gasteiger partial charge on any atom is 0.336 e. The fourth-order valence-electron chi connectivity index (χ4n) is 3.31. The van der Waals surface area contributed by atoms with Crippen LogP contribution in [0.2, 0.25) is 10.0 Å². The minimum Gasteiger partial charge on any atom is -0.460 e. The molecular formula is C28H22Cl2O5. The number of fused-ring (bicyclic) bond motifs is 1. The Morgan fingerprint density at radius 2 is 1.63 bits per heavy atom. The fraction of sp³-hybridized carbons (Fsp3) is 0.143. The Morgan fingerprint density at radius 1 is 0.914 bits per heavy atom. The number of halogens is 2. The monoisotopic (exact) mass is 508 g/mol. The lowest BCUT2D eigenvalue weighted by Crippen LogP contribution is -2.10. The molecule has 35 heavy (non-hydrogen) atoms. The van der Waals surface area contributed by atoms with Gasteiger partial charge in [0.1, 0.15) is 23.3 Å². The van der Waals surface area contributed by atoms with E-state index in [0.717, 1.165) is 5.56 Å². The van der Waals surface area contributed by atoms with Gasteiger partial charge in [-0.25, -0.2) is 4.79 Å². The molecule has 0 aliphatic rings. The lowest BCUT2D eigenvalue weighted by Gasteiger charge is -2.19. The quantitative estimate of drug-likeness (QED) is 0.156. The van der Waals surface area contributed by atoms with Crippen molar-refractivity contribution in [3.8, 4) is 17.2 Å². The third-order valence-corrected chi connectivity index (χ3v) is 5.98. The molecule has 0 atom stereocenters. The molecule has 3 aromatic carbocycles. The summed E-state index contributed by atoms with van der Waals surface area (Å²) in [4.78, 5) is 25.1. The molecule has 0 saturated carbocycles. The Morgan fingerprint density at radius 3 is 2.31 bits per heavy atom. The minimum atomic E-state index is -0.601. The van der Waals surface area contributed by atoms with Gasteiger partial charge in [-0.1, -0.05) is 62.2 Å². The van der Waals surface area contributed by atoms with Crippen LogP contribution in [0, 0.1) is 0 Å². The van der Waals surface area contributed by atoms with Crippen LogP contribution in [0.4, 0.5) is 0 Å². The Balaban J connectivity index is 1.48. The van der Waals surface area contributed by atoms with Crippen LogP contribution in [-0.4, -0.2) is 5.97 Å². The van der Waals surface area contributed by atoms with Crippen LogP contribution < -0.4 is 14.9 Å². The van der Waals surface area contributed by atoms with Crippen molar-refractivity contribution >= 4 is 46.2 Å². The summed E-state index contributed by atoms with van der Waals surface area (Å²) in [5.41, 5.74) is 1.81. The van der Waals surface area contributed by atoms with Gasteiger partial charge in [0.05, 0.1) is 15.4 Å². The van der Waals surface area contributed by atoms with Crippen LogP contribution >= 0.6 is 23.2 Å². The molecule has 0 aliphatic heterocycles. The van der Waals surface area contributed by atoms with Crippen molar-refractivity contribution in [3.05, 3.63) is 104 Å². The lowest BCUT2D eigenvalue weighted by atomic mass is 9.87. The van der Waals surface area contributed by atoms with Crippen molar-refractivity contribution in [1.82, 2.24) is 0 Å². The van der Waals surface area contributed by atoms with E-state index in [2.05, 4.69) is 20.8 Å². The SMILES string of the molecule is CC(C)(C)c1ccc(Oc2coc3cc(OC(=O)C=Cc4ccc(Cl)c(Cl)c4)ccc3c2=O)cc1. The van der Waals surface area contributed by atoms with Crippen molar-refractivity contribution in [2.45, 2.75) is 26.2 Å². The summed E-state index contributed by atoms with van der Waals surface area (Å²) in [5.74, 6) is 0.228. The highest BCUT2D eigenvalue weighted by Gasteiger charge is 2.15. The molecule has 0 unspecified atom stereocenters. The number of hydrogen-bond donors (Lipinski definition) is 0. The number of ether oxygens (including phenoxy) is 2. The van der Waals surface area contributed by atoms with Crippen molar-refractivity contribution in [1.29, 1.82) is 0 Å². The van der Waals surface area contributed by atoms with Gasteiger partial charge in [0.2, 0.25) is 11.2 Å². The molecule has 5 nitrogen and oxygen atoms in total. The second-order valence-electron chi connectivity index (χ2n) is 8.89. The van der Waals surface area contributed by atoms with E-state index in [0.29, 0.717) is 26.7 Å². The summed E-state index contributed by atoms with van der Waals surface area (Å²) >= 11 is 11.9. The molecule has 1 aromatic heterocycles. The van der Waals surface area contributed by atoms with Crippen LogP contribution in [0.15, 0.2) is 82.2 Å². The van der Waals surface area contributed by atoms with Crippen LogP contribution in [0.1, 0.15) is 31.9 Å². The van der Waals surface area contributed by atoms with E-state index >= 15 is 0 Å². The van der Waals surface area contributed by atoms with Gasteiger partial charge in [-0.3, -0.25) is 4.79 Å². The van der Waals surface area contributed by atoms with Crippen LogP contribution in [0.25, 0.3) is 17.0 Å². The molecular weight excluding hydrogens is 487 g/mol. The molecule has 0 saturated heterocycles. The standard InChI is InChI=1S/C28H22Cl2O5/c1-28(2,3)18-6-8-19(9-7-18)34-25-16-33-24-15-20(10-11-21(24)27(25)32)35-26(31)13-5-17-4-12-22(29)23(30)14-17/h4-16H,1-3H3. The molecule has 1 heterocycles. The summed E-state index contributed by atoms with van der Waals surface area (Å²) in [6.45, 7) is 6.37. The third kappa shape index (κ3) is 5.94. The van der Waals surface area contributed by atoms with E-state index < -0.39 is 5.97 Å². The van der Waals surface area contributed by atoms with E-state index in [9.17, 15) is 9.59 Å². The minimum absolute atomic E-state index is 0.0149. The first kappa shape index (κ1) is 24.6. The molecule has 0 N–H and O–H groups in total. The summed E-state index contributed by atoms with van der Waals surface area (Å²) in [5, 5.41) is 1.12. The molecule has 7 heteroatoms. The maximum atomic E-state index is 12.9. The van der Waals surface area contributed by atoms with Gasteiger partial charge in [0.25, 0.3) is 0 Å². The zero-order valence-corrected chi connectivity index (χ0v) is 20.8. The summed E-state index contributed by atoms with van der Waals surface area (Å²) in [6, 6.07) is 17.1. The fourth-order valence-corrected chi connectivity index (χ4v) is 3.61. The first-order chi connectivity index (χ1) is 16.6. The molecule has 178 valence electrons. The van der Waals surface area contributed by atoms with Gasteiger partial charge in [-0.15, -0.1) is 0 Å². The molecule has 0 aliphatic carbocycles. The first-order valence-corrected chi connectivity index (χ1v) is 11.5.